The first-order valence-electron chi connectivity index (χ1n) is 12.6. The van der Waals surface area contributed by atoms with Crippen molar-refractivity contribution in [2.75, 3.05) is 32.8 Å². The van der Waals surface area contributed by atoms with Crippen LogP contribution in [0.5, 0.6) is 0 Å². The van der Waals surface area contributed by atoms with Gasteiger partial charge < -0.3 is 31.1 Å². The van der Waals surface area contributed by atoms with Crippen molar-refractivity contribution >= 4 is 17.7 Å². The minimum absolute atomic E-state index is 0.0552. The second-order valence-corrected chi connectivity index (χ2v) is 10.1. The number of hydrogen-bond acceptors (Lipinski definition) is 6. The van der Waals surface area contributed by atoms with E-state index in [1.54, 1.807) is 4.90 Å². The summed E-state index contributed by atoms with van der Waals surface area (Å²) in [6, 6.07) is -0.720. The molecule has 0 aromatic rings. The number of hydrogen-bond donors (Lipinski definition) is 4. The number of unbranched alkanes of at least 4 members (excludes halogenated alkanes) is 2. The van der Waals surface area contributed by atoms with Crippen molar-refractivity contribution in [2.24, 2.45) is 11.7 Å². The largest absolute Gasteiger partial charge is 0.392 e. The maximum atomic E-state index is 12.8. The molecule has 3 amide bonds. The van der Waals surface area contributed by atoms with E-state index >= 15 is 0 Å². The van der Waals surface area contributed by atoms with E-state index in [1.807, 2.05) is 13.8 Å². The fourth-order valence-corrected chi connectivity index (χ4v) is 3.79. The first kappa shape index (κ1) is 30.1. The van der Waals surface area contributed by atoms with Gasteiger partial charge in [0.25, 0.3) is 0 Å². The smallest absolute Gasteiger partial charge is 0.243 e. The van der Waals surface area contributed by atoms with Crippen LogP contribution in [0.2, 0.25) is 0 Å². The van der Waals surface area contributed by atoms with E-state index in [1.165, 1.54) is 12.2 Å². The van der Waals surface area contributed by atoms with Crippen LogP contribution in [0.4, 0.5) is 0 Å². The van der Waals surface area contributed by atoms with Gasteiger partial charge in [0, 0.05) is 44.8 Å². The highest BCUT2D eigenvalue weighted by Crippen LogP contribution is 2.20. The van der Waals surface area contributed by atoms with Gasteiger partial charge in [-0.1, -0.05) is 26.3 Å². The maximum Gasteiger partial charge on any atom is 0.243 e. The van der Waals surface area contributed by atoms with Crippen LogP contribution in [0, 0.1) is 5.92 Å². The highest BCUT2D eigenvalue weighted by molar-refractivity contribution is 5.88. The summed E-state index contributed by atoms with van der Waals surface area (Å²) in [7, 11) is 0. The van der Waals surface area contributed by atoms with Crippen LogP contribution in [-0.2, 0) is 19.1 Å². The third-order valence-electron chi connectivity index (χ3n) is 5.91. The number of nitrogens with zero attached hydrogens (tertiary/aromatic N) is 1. The normalized spacial score (nSPS) is 18.6. The molecule has 0 bridgehead atoms. The Kier molecular flexibility index (Phi) is 14.0. The molecule has 1 heterocycles. The molecule has 0 aromatic carbocycles. The molecule has 0 aliphatic carbocycles. The molecule has 1 fully saturated rings. The molecule has 0 radical (unpaired) electrons. The molecular weight excluding hydrogens is 436 g/mol. The number of carbonyl (C=O) groups is 3. The lowest BCUT2D eigenvalue weighted by atomic mass is 10.0. The number of ether oxygens (including phenoxy) is 1. The van der Waals surface area contributed by atoms with Crippen molar-refractivity contribution < 1.29 is 24.2 Å². The summed E-state index contributed by atoms with van der Waals surface area (Å²) >= 11 is 0. The molecule has 5 N–H and O–H groups in total. The number of aliphatic hydroxyl groups is 1. The highest BCUT2D eigenvalue weighted by atomic mass is 16.5. The summed E-state index contributed by atoms with van der Waals surface area (Å²) in [5.74, 6) is 0.139. The van der Waals surface area contributed by atoms with E-state index in [0.29, 0.717) is 57.8 Å². The Bertz CT molecular complexity index is 666. The number of aliphatic hydroxyl groups excluding tert-OH is 1. The van der Waals surface area contributed by atoms with Gasteiger partial charge in [0.2, 0.25) is 17.7 Å². The monoisotopic (exact) mass is 482 g/mol. The third-order valence-corrected chi connectivity index (χ3v) is 5.91. The molecule has 9 nitrogen and oxygen atoms in total. The van der Waals surface area contributed by atoms with E-state index in [-0.39, 0.29) is 36.0 Å². The molecular formula is C25H46N4O5. The summed E-state index contributed by atoms with van der Waals surface area (Å²) in [6.07, 6.45) is 7.42. The number of carbonyl (C=O) groups excluding carboxylic acids is 3. The van der Waals surface area contributed by atoms with Gasteiger partial charge in [-0.25, -0.2) is 0 Å². The molecule has 196 valence electrons. The lowest BCUT2D eigenvalue weighted by Gasteiger charge is -2.27. The van der Waals surface area contributed by atoms with Gasteiger partial charge in [-0.15, -0.1) is 0 Å². The average Bonchev–Trinajstić information content (AvgIpc) is 3.15. The third kappa shape index (κ3) is 12.5. The quantitative estimate of drug-likeness (QED) is 0.195. The SMILES string of the molecule is CC(C)CCOC(C)(C)CCNC(=O)C1CC(N)CN1C(=O)CCCCCNC(=O)/C=C\CO. The van der Waals surface area contributed by atoms with E-state index in [2.05, 4.69) is 24.5 Å². The van der Waals surface area contributed by atoms with Crippen LogP contribution >= 0.6 is 0 Å². The molecule has 9 heteroatoms. The van der Waals surface area contributed by atoms with Crippen LogP contribution in [0.25, 0.3) is 0 Å². The second-order valence-electron chi connectivity index (χ2n) is 10.1. The Labute approximate surface area is 204 Å². The molecule has 0 aromatic heterocycles. The first-order chi connectivity index (χ1) is 16.1. The minimum atomic E-state index is -0.523. The van der Waals surface area contributed by atoms with E-state index in [0.717, 1.165) is 19.3 Å². The van der Waals surface area contributed by atoms with Gasteiger partial charge in [0.05, 0.1) is 12.2 Å². The molecule has 34 heavy (non-hydrogen) atoms. The lowest BCUT2D eigenvalue weighted by molar-refractivity contribution is -0.138. The molecule has 2 unspecified atom stereocenters. The summed E-state index contributed by atoms with van der Waals surface area (Å²) in [6.45, 7) is 10.3. The van der Waals surface area contributed by atoms with Crippen LogP contribution in [0.1, 0.15) is 72.6 Å². The summed E-state index contributed by atoms with van der Waals surface area (Å²) in [5.41, 5.74) is 5.75. The van der Waals surface area contributed by atoms with Gasteiger partial charge in [-0.2, -0.15) is 0 Å². The number of likely N-dealkylation sites (tertiary alicyclic amines) is 1. The zero-order valence-corrected chi connectivity index (χ0v) is 21.5. The van der Waals surface area contributed by atoms with Crippen LogP contribution in [0.3, 0.4) is 0 Å². The minimum Gasteiger partial charge on any atom is -0.392 e. The van der Waals surface area contributed by atoms with Crippen LogP contribution in [0.15, 0.2) is 12.2 Å². The Hall–Kier alpha value is -1.97. The standard InChI is InChI=1S/C25H46N4O5/c1-19(2)11-16-34-25(3,4)12-14-28-24(33)21-17-20(26)18-29(21)23(32)10-6-5-7-13-27-22(31)9-8-15-30/h8-9,19-21,30H,5-7,10-18,26H2,1-4H3,(H,27,31)(H,28,33)/b9-8-. The Morgan fingerprint density at radius 2 is 1.91 bits per heavy atom. The lowest BCUT2D eigenvalue weighted by Crippen LogP contribution is -2.46. The predicted octanol–water partition coefficient (Wildman–Crippen LogP) is 1.49. The molecule has 0 spiro atoms. The Balaban J connectivity index is 2.35. The fraction of sp³-hybridized carbons (Fsp3) is 0.800. The van der Waals surface area contributed by atoms with Gasteiger partial charge in [-0.3, -0.25) is 14.4 Å². The van der Waals surface area contributed by atoms with E-state index in [9.17, 15) is 14.4 Å². The predicted molar refractivity (Wildman–Crippen MR) is 133 cm³/mol. The van der Waals surface area contributed by atoms with Gasteiger partial charge >= 0.3 is 0 Å². The zero-order valence-electron chi connectivity index (χ0n) is 21.5. The first-order valence-corrected chi connectivity index (χ1v) is 12.6. The Morgan fingerprint density at radius 1 is 1.18 bits per heavy atom. The molecule has 1 aliphatic rings. The average molecular weight is 483 g/mol. The molecule has 0 saturated carbocycles. The van der Waals surface area contributed by atoms with E-state index in [4.69, 9.17) is 15.6 Å². The number of rotatable bonds is 16. The van der Waals surface area contributed by atoms with Crippen molar-refractivity contribution in [3.05, 3.63) is 12.2 Å². The zero-order chi connectivity index (χ0) is 25.6. The summed E-state index contributed by atoms with van der Waals surface area (Å²) in [5, 5.41) is 14.3. The van der Waals surface area contributed by atoms with Gasteiger partial charge in [0.15, 0.2) is 0 Å². The topological polar surface area (TPSA) is 134 Å². The van der Waals surface area contributed by atoms with Crippen molar-refractivity contribution in [3.8, 4) is 0 Å². The van der Waals surface area contributed by atoms with Gasteiger partial charge in [-0.05, 0) is 51.9 Å². The molecule has 1 aliphatic heterocycles. The maximum absolute atomic E-state index is 12.8. The summed E-state index contributed by atoms with van der Waals surface area (Å²) < 4.78 is 5.95. The fourth-order valence-electron chi connectivity index (χ4n) is 3.79. The van der Waals surface area contributed by atoms with Crippen molar-refractivity contribution in [2.45, 2.75) is 90.3 Å². The second kappa shape index (κ2) is 15.8. The highest BCUT2D eigenvalue weighted by Gasteiger charge is 2.37. The number of nitrogens with two attached hydrogens (primary N) is 1. The van der Waals surface area contributed by atoms with E-state index < -0.39 is 6.04 Å². The van der Waals surface area contributed by atoms with Crippen LogP contribution in [-0.4, -0.2) is 78.3 Å². The molecule has 2 atom stereocenters. The molecule has 1 rings (SSSR count). The molecule has 1 saturated heterocycles. The number of amides is 3. The van der Waals surface area contributed by atoms with Crippen molar-refractivity contribution in [1.29, 1.82) is 0 Å². The summed E-state index contributed by atoms with van der Waals surface area (Å²) in [4.78, 5) is 38.6. The van der Waals surface area contributed by atoms with Crippen molar-refractivity contribution in [3.63, 3.8) is 0 Å². The van der Waals surface area contributed by atoms with Gasteiger partial charge in [0.1, 0.15) is 6.04 Å². The van der Waals surface area contributed by atoms with Crippen LogP contribution < -0.4 is 16.4 Å². The Morgan fingerprint density at radius 3 is 2.59 bits per heavy atom. The van der Waals surface area contributed by atoms with Crippen molar-refractivity contribution in [1.82, 2.24) is 15.5 Å². The number of nitrogens with one attached hydrogen (secondary N) is 2.